The first-order chi connectivity index (χ1) is 10.6. The molecule has 2 rings (SSSR count). The van der Waals surface area contributed by atoms with Gasteiger partial charge in [0.25, 0.3) is 0 Å². The smallest absolute Gasteiger partial charge is 0.223 e. The third-order valence-corrected chi connectivity index (χ3v) is 4.32. The van der Waals surface area contributed by atoms with Crippen LogP contribution in [0.1, 0.15) is 45.1 Å². The van der Waals surface area contributed by atoms with Crippen molar-refractivity contribution in [3.05, 3.63) is 29.8 Å². The molecule has 1 aliphatic rings. The highest BCUT2D eigenvalue weighted by atomic mass is 16.5. The minimum Gasteiger partial charge on any atom is -0.493 e. The summed E-state index contributed by atoms with van der Waals surface area (Å²) in [5.41, 5.74) is 1.30. The summed E-state index contributed by atoms with van der Waals surface area (Å²) in [6, 6.07) is 8.35. The van der Waals surface area contributed by atoms with Crippen molar-refractivity contribution < 1.29 is 9.53 Å². The van der Waals surface area contributed by atoms with Gasteiger partial charge in [-0.2, -0.15) is 0 Å². The Morgan fingerprint density at radius 1 is 1.36 bits per heavy atom. The van der Waals surface area contributed by atoms with Crippen molar-refractivity contribution in [2.75, 3.05) is 19.7 Å². The standard InChI is InChI=1S/C18H28N2O2/c1-13(2)15-4-6-16(7-5-15)22-11-9-18(21)20-17-12-19-10-8-14(17)3/h4-7,13-14,17,19H,8-12H2,1-3H3,(H,20,21). The Hall–Kier alpha value is -1.55. The molecule has 1 amide bonds. The molecule has 2 atom stereocenters. The van der Waals surface area contributed by atoms with Crippen LogP contribution in [0.25, 0.3) is 0 Å². The van der Waals surface area contributed by atoms with E-state index in [2.05, 4.69) is 43.5 Å². The maximum Gasteiger partial charge on any atom is 0.223 e. The van der Waals surface area contributed by atoms with Crippen molar-refractivity contribution in [1.29, 1.82) is 0 Å². The van der Waals surface area contributed by atoms with Gasteiger partial charge in [-0.25, -0.2) is 0 Å². The minimum absolute atomic E-state index is 0.0688. The van der Waals surface area contributed by atoms with Crippen LogP contribution in [0, 0.1) is 5.92 Å². The number of carbonyl (C=O) groups excluding carboxylic acids is 1. The molecule has 1 saturated heterocycles. The number of carbonyl (C=O) groups is 1. The molecule has 0 bridgehead atoms. The average molecular weight is 304 g/mol. The predicted molar refractivity (Wildman–Crippen MR) is 89.2 cm³/mol. The van der Waals surface area contributed by atoms with E-state index in [1.807, 2.05) is 12.1 Å². The van der Waals surface area contributed by atoms with E-state index in [0.29, 0.717) is 24.9 Å². The Morgan fingerprint density at radius 2 is 2.09 bits per heavy atom. The van der Waals surface area contributed by atoms with E-state index in [9.17, 15) is 4.79 Å². The zero-order chi connectivity index (χ0) is 15.9. The van der Waals surface area contributed by atoms with Crippen LogP contribution >= 0.6 is 0 Å². The highest BCUT2D eigenvalue weighted by molar-refractivity contribution is 5.76. The van der Waals surface area contributed by atoms with E-state index in [1.54, 1.807) is 0 Å². The highest BCUT2D eigenvalue weighted by Gasteiger charge is 2.22. The van der Waals surface area contributed by atoms with E-state index in [-0.39, 0.29) is 11.9 Å². The van der Waals surface area contributed by atoms with Crippen molar-refractivity contribution in [3.8, 4) is 5.75 Å². The molecular formula is C18H28N2O2. The lowest BCUT2D eigenvalue weighted by Gasteiger charge is -2.30. The van der Waals surface area contributed by atoms with Gasteiger partial charge in [-0.15, -0.1) is 0 Å². The molecule has 0 aliphatic carbocycles. The molecule has 4 nitrogen and oxygen atoms in total. The monoisotopic (exact) mass is 304 g/mol. The molecule has 0 radical (unpaired) electrons. The molecule has 1 aromatic carbocycles. The number of nitrogens with one attached hydrogen (secondary N) is 2. The lowest BCUT2D eigenvalue weighted by molar-refractivity contribution is -0.122. The molecule has 0 saturated carbocycles. The Labute approximate surface area is 133 Å². The number of hydrogen-bond donors (Lipinski definition) is 2. The molecule has 0 spiro atoms. The zero-order valence-electron chi connectivity index (χ0n) is 13.9. The summed E-state index contributed by atoms with van der Waals surface area (Å²) in [7, 11) is 0. The van der Waals surface area contributed by atoms with Crippen molar-refractivity contribution in [1.82, 2.24) is 10.6 Å². The Morgan fingerprint density at radius 3 is 2.73 bits per heavy atom. The molecule has 122 valence electrons. The lowest BCUT2D eigenvalue weighted by Crippen LogP contribution is -2.50. The molecule has 1 aromatic rings. The Balaban J connectivity index is 1.70. The fourth-order valence-corrected chi connectivity index (χ4v) is 2.67. The van der Waals surface area contributed by atoms with Gasteiger partial charge in [0.15, 0.2) is 0 Å². The second-order valence-electron chi connectivity index (χ2n) is 6.47. The number of amides is 1. The van der Waals surface area contributed by atoms with Crippen LogP contribution in [0.4, 0.5) is 0 Å². The lowest BCUT2D eigenvalue weighted by atomic mass is 9.95. The normalized spacial score (nSPS) is 21.6. The second-order valence-corrected chi connectivity index (χ2v) is 6.47. The number of rotatable bonds is 6. The molecule has 1 heterocycles. The topological polar surface area (TPSA) is 50.4 Å². The van der Waals surface area contributed by atoms with Crippen LogP contribution in [0.5, 0.6) is 5.75 Å². The second kappa shape index (κ2) is 8.18. The number of benzene rings is 1. The van der Waals surface area contributed by atoms with E-state index < -0.39 is 0 Å². The fourth-order valence-electron chi connectivity index (χ4n) is 2.67. The van der Waals surface area contributed by atoms with E-state index in [4.69, 9.17) is 4.74 Å². The summed E-state index contributed by atoms with van der Waals surface area (Å²) >= 11 is 0. The summed E-state index contributed by atoms with van der Waals surface area (Å²) in [6.45, 7) is 8.86. The first-order valence-electron chi connectivity index (χ1n) is 8.29. The summed E-state index contributed by atoms with van der Waals surface area (Å²) in [6.07, 6.45) is 1.51. The first-order valence-corrected chi connectivity index (χ1v) is 8.29. The van der Waals surface area contributed by atoms with Gasteiger partial charge in [-0.3, -0.25) is 4.79 Å². The van der Waals surface area contributed by atoms with Gasteiger partial charge >= 0.3 is 0 Å². The summed E-state index contributed by atoms with van der Waals surface area (Å²) in [4.78, 5) is 12.0. The largest absolute Gasteiger partial charge is 0.493 e. The van der Waals surface area contributed by atoms with Crippen molar-refractivity contribution in [2.24, 2.45) is 5.92 Å². The van der Waals surface area contributed by atoms with Gasteiger partial charge in [0.05, 0.1) is 13.0 Å². The van der Waals surface area contributed by atoms with Crippen molar-refractivity contribution in [3.63, 3.8) is 0 Å². The number of piperidine rings is 1. The van der Waals surface area contributed by atoms with Gasteiger partial charge in [0, 0.05) is 12.6 Å². The molecule has 22 heavy (non-hydrogen) atoms. The Bertz CT molecular complexity index is 470. The average Bonchev–Trinajstić information content (AvgIpc) is 2.50. The Kier molecular flexibility index (Phi) is 6.25. The van der Waals surface area contributed by atoms with Gasteiger partial charge in [-0.1, -0.05) is 32.9 Å². The predicted octanol–water partition coefficient (Wildman–Crippen LogP) is 2.69. The first kappa shape index (κ1) is 16.8. The molecule has 1 fully saturated rings. The van der Waals surface area contributed by atoms with Gasteiger partial charge in [-0.05, 0) is 42.5 Å². The third kappa shape index (κ3) is 5.02. The molecule has 2 N–H and O–H groups in total. The zero-order valence-corrected chi connectivity index (χ0v) is 13.9. The maximum atomic E-state index is 12.0. The van der Waals surface area contributed by atoms with Crippen LogP contribution in [0.15, 0.2) is 24.3 Å². The molecule has 0 aromatic heterocycles. The summed E-state index contributed by atoms with van der Waals surface area (Å²) in [5.74, 6) is 1.95. The molecule has 2 unspecified atom stereocenters. The van der Waals surface area contributed by atoms with Gasteiger partial charge < -0.3 is 15.4 Å². The highest BCUT2D eigenvalue weighted by Crippen LogP contribution is 2.18. The minimum atomic E-state index is 0.0688. The van der Waals surface area contributed by atoms with Crippen LogP contribution in [-0.4, -0.2) is 31.6 Å². The maximum absolute atomic E-state index is 12.0. The van der Waals surface area contributed by atoms with Crippen molar-refractivity contribution in [2.45, 2.75) is 45.6 Å². The fraction of sp³-hybridized carbons (Fsp3) is 0.611. The van der Waals surface area contributed by atoms with Gasteiger partial charge in [0.2, 0.25) is 5.91 Å². The number of ether oxygens (including phenoxy) is 1. The molecular weight excluding hydrogens is 276 g/mol. The van der Waals surface area contributed by atoms with Crippen LogP contribution in [0.3, 0.4) is 0 Å². The van der Waals surface area contributed by atoms with E-state index in [0.717, 1.165) is 25.3 Å². The van der Waals surface area contributed by atoms with E-state index >= 15 is 0 Å². The van der Waals surface area contributed by atoms with Crippen LogP contribution < -0.4 is 15.4 Å². The SMILES string of the molecule is CC(C)c1ccc(OCCC(=O)NC2CNCCC2C)cc1. The molecule has 1 aliphatic heterocycles. The third-order valence-electron chi connectivity index (χ3n) is 4.32. The van der Waals surface area contributed by atoms with Crippen LogP contribution in [-0.2, 0) is 4.79 Å². The quantitative estimate of drug-likeness (QED) is 0.849. The summed E-state index contributed by atoms with van der Waals surface area (Å²) in [5, 5.41) is 6.42. The molecule has 4 heteroatoms. The van der Waals surface area contributed by atoms with Crippen LogP contribution in [0.2, 0.25) is 0 Å². The number of hydrogen-bond acceptors (Lipinski definition) is 3. The van der Waals surface area contributed by atoms with Gasteiger partial charge in [0.1, 0.15) is 5.75 Å². The summed E-state index contributed by atoms with van der Waals surface area (Å²) < 4.78 is 5.65. The van der Waals surface area contributed by atoms with Crippen molar-refractivity contribution >= 4 is 5.91 Å². The van der Waals surface area contributed by atoms with E-state index in [1.165, 1.54) is 5.56 Å².